The van der Waals surface area contributed by atoms with Gasteiger partial charge in [0.15, 0.2) is 0 Å². The van der Waals surface area contributed by atoms with E-state index in [1.54, 1.807) is 24.3 Å². The monoisotopic (exact) mass is 300 g/mol. The summed E-state index contributed by atoms with van der Waals surface area (Å²) in [6.07, 6.45) is 0. The SMILES string of the molecule is COc1cc(F)c(-c2nc3ccccc3c(=O)[nH]2)c(OC)c1. The number of hydrogen-bond donors (Lipinski definition) is 1. The van der Waals surface area contributed by atoms with Crippen LogP contribution in [0.2, 0.25) is 0 Å². The molecule has 1 heterocycles. The van der Waals surface area contributed by atoms with E-state index in [0.29, 0.717) is 16.7 Å². The molecule has 6 heteroatoms. The Morgan fingerprint density at radius 2 is 1.91 bits per heavy atom. The third-order valence-electron chi connectivity index (χ3n) is 3.33. The maximum absolute atomic E-state index is 14.4. The van der Waals surface area contributed by atoms with Crippen LogP contribution in [0.25, 0.3) is 22.3 Å². The third kappa shape index (κ3) is 2.28. The van der Waals surface area contributed by atoms with Crippen LogP contribution >= 0.6 is 0 Å². The summed E-state index contributed by atoms with van der Waals surface area (Å²) < 4.78 is 24.6. The minimum atomic E-state index is -0.588. The maximum Gasteiger partial charge on any atom is 0.259 e. The number of methoxy groups -OCH3 is 2. The highest BCUT2D eigenvalue weighted by atomic mass is 19.1. The van der Waals surface area contributed by atoms with Gasteiger partial charge in [-0.1, -0.05) is 12.1 Å². The number of H-pyrrole nitrogens is 1. The van der Waals surface area contributed by atoms with E-state index in [4.69, 9.17) is 9.47 Å². The second-order valence-corrected chi connectivity index (χ2v) is 4.62. The van der Waals surface area contributed by atoms with Crippen molar-refractivity contribution in [3.63, 3.8) is 0 Å². The van der Waals surface area contributed by atoms with E-state index in [0.717, 1.165) is 0 Å². The number of aromatic nitrogens is 2. The molecule has 0 unspecified atom stereocenters. The van der Waals surface area contributed by atoms with Crippen molar-refractivity contribution in [2.75, 3.05) is 14.2 Å². The largest absolute Gasteiger partial charge is 0.497 e. The zero-order valence-corrected chi connectivity index (χ0v) is 12.0. The van der Waals surface area contributed by atoms with Gasteiger partial charge in [0.1, 0.15) is 23.1 Å². The highest BCUT2D eigenvalue weighted by Gasteiger charge is 2.17. The van der Waals surface area contributed by atoms with Crippen LogP contribution in [0.1, 0.15) is 0 Å². The van der Waals surface area contributed by atoms with E-state index in [9.17, 15) is 9.18 Å². The molecule has 0 saturated heterocycles. The maximum atomic E-state index is 14.4. The number of aromatic amines is 1. The van der Waals surface area contributed by atoms with E-state index >= 15 is 0 Å². The Morgan fingerprint density at radius 1 is 1.14 bits per heavy atom. The van der Waals surface area contributed by atoms with Gasteiger partial charge in [0.05, 0.1) is 30.7 Å². The average Bonchev–Trinajstić information content (AvgIpc) is 2.53. The van der Waals surface area contributed by atoms with Gasteiger partial charge in [-0.3, -0.25) is 4.79 Å². The van der Waals surface area contributed by atoms with Gasteiger partial charge in [0, 0.05) is 12.1 Å². The van der Waals surface area contributed by atoms with E-state index in [-0.39, 0.29) is 22.7 Å². The lowest BCUT2D eigenvalue weighted by Gasteiger charge is -2.11. The predicted octanol–water partition coefficient (Wildman–Crippen LogP) is 2.75. The van der Waals surface area contributed by atoms with Gasteiger partial charge >= 0.3 is 0 Å². The van der Waals surface area contributed by atoms with Crippen LogP contribution in [0.4, 0.5) is 4.39 Å². The van der Waals surface area contributed by atoms with E-state index in [1.165, 1.54) is 26.4 Å². The van der Waals surface area contributed by atoms with Crippen LogP contribution in [0.3, 0.4) is 0 Å². The molecule has 0 aliphatic rings. The Morgan fingerprint density at radius 3 is 2.64 bits per heavy atom. The molecule has 0 saturated carbocycles. The first-order valence-electron chi connectivity index (χ1n) is 6.55. The van der Waals surface area contributed by atoms with Crippen LogP contribution in [-0.2, 0) is 0 Å². The number of halogens is 1. The molecule has 3 aromatic rings. The topological polar surface area (TPSA) is 64.2 Å². The van der Waals surface area contributed by atoms with Crippen LogP contribution in [0.15, 0.2) is 41.2 Å². The van der Waals surface area contributed by atoms with Crippen molar-refractivity contribution in [3.05, 3.63) is 52.6 Å². The van der Waals surface area contributed by atoms with Crippen molar-refractivity contribution in [1.29, 1.82) is 0 Å². The fourth-order valence-electron chi connectivity index (χ4n) is 2.27. The highest BCUT2D eigenvalue weighted by molar-refractivity contribution is 5.80. The fourth-order valence-corrected chi connectivity index (χ4v) is 2.27. The lowest BCUT2D eigenvalue weighted by molar-refractivity contribution is 0.390. The first-order valence-corrected chi connectivity index (χ1v) is 6.55. The van der Waals surface area contributed by atoms with Gasteiger partial charge in [-0.05, 0) is 12.1 Å². The molecule has 0 aliphatic carbocycles. The molecule has 22 heavy (non-hydrogen) atoms. The summed E-state index contributed by atoms with van der Waals surface area (Å²) in [5.41, 5.74) is 0.238. The molecule has 0 bridgehead atoms. The molecule has 1 aromatic heterocycles. The molecule has 0 spiro atoms. The second kappa shape index (κ2) is 5.48. The number of benzene rings is 2. The molecule has 5 nitrogen and oxygen atoms in total. The Hall–Kier alpha value is -2.89. The number of rotatable bonds is 3. The third-order valence-corrected chi connectivity index (χ3v) is 3.33. The molecular formula is C16H13FN2O3. The Bertz CT molecular complexity index is 906. The first kappa shape index (κ1) is 14.1. The number of ether oxygens (including phenoxy) is 2. The van der Waals surface area contributed by atoms with E-state index < -0.39 is 5.82 Å². The lowest BCUT2D eigenvalue weighted by atomic mass is 10.1. The van der Waals surface area contributed by atoms with Gasteiger partial charge < -0.3 is 14.5 Å². The van der Waals surface area contributed by atoms with Crippen molar-refractivity contribution in [2.24, 2.45) is 0 Å². The van der Waals surface area contributed by atoms with Crippen molar-refractivity contribution >= 4 is 10.9 Å². The standard InChI is InChI=1S/C16H13FN2O3/c1-21-9-7-11(17)14(13(8-9)22-2)15-18-12-6-4-3-5-10(12)16(20)19-15/h3-8H,1-2H3,(H,18,19,20). The fraction of sp³-hybridized carbons (Fsp3) is 0.125. The smallest absolute Gasteiger partial charge is 0.259 e. The molecule has 3 rings (SSSR count). The Kier molecular flexibility index (Phi) is 3.50. The summed E-state index contributed by atoms with van der Waals surface area (Å²) in [5.74, 6) is 0.0758. The molecule has 0 radical (unpaired) electrons. The summed E-state index contributed by atoms with van der Waals surface area (Å²) in [7, 11) is 2.85. The normalized spacial score (nSPS) is 10.7. The minimum absolute atomic E-state index is 0.0890. The summed E-state index contributed by atoms with van der Waals surface area (Å²) in [4.78, 5) is 19.0. The van der Waals surface area contributed by atoms with E-state index in [1.807, 2.05) is 0 Å². The molecule has 0 atom stereocenters. The molecule has 0 fully saturated rings. The number of nitrogens with one attached hydrogen (secondary N) is 1. The van der Waals surface area contributed by atoms with Crippen molar-refractivity contribution < 1.29 is 13.9 Å². The predicted molar refractivity (Wildman–Crippen MR) is 80.9 cm³/mol. The minimum Gasteiger partial charge on any atom is -0.497 e. The van der Waals surface area contributed by atoms with Gasteiger partial charge in [-0.2, -0.15) is 0 Å². The lowest BCUT2D eigenvalue weighted by Crippen LogP contribution is -2.10. The molecule has 2 aromatic carbocycles. The molecule has 0 aliphatic heterocycles. The quantitative estimate of drug-likeness (QED) is 0.808. The first-order chi connectivity index (χ1) is 10.6. The second-order valence-electron chi connectivity index (χ2n) is 4.62. The number of nitrogens with zero attached hydrogens (tertiary/aromatic N) is 1. The Balaban J connectivity index is 2.30. The van der Waals surface area contributed by atoms with Crippen LogP contribution in [0.5, 0.6) is 11.5 Å². The highest BCUT2D eigenvalue weighted by Crippen LogP contribution is 2.34. The van der Waals surface area contributed by atoms with Crippen molar-refractivity contribution in [1.82, 2.24) is 9.97 Å². The average molecular weight is 300 g/mol. The summed E-state index contributed by atoms with van der Waals surface area (Å²) in [6, 6.07) is 9.61. The number of para-hydroxylation sites is 1. The van der Waals surface area contributed by atoms with Gasteiger partial charge in [-0.25, -0.2) is 9.37 Å². The van der Waals surface area contributed by atoms with Crippen molar-refractivity contribution in [3.8, 4) is 22.9 Å². The van der Waals surface area contributed by atoms with Gasteiger partial charge in [0.2, 0.25) is 0 Å². The van der Waals surface area contributed by atoms with Crippen LogP contribution in [-0.4, -0.2) is 24.2 Å². The molecular weight excluding hydrogens is 287 g/mol. The summed E-state index contributed by atoms with van der Waals surface area (Å²) >= 11 is 0. The van der Waals surface area contributed by atoms with Gasteiger partial charge in [0.25, 0.3) is 5.56 Å². The molecule has 112 valence electrons. The Labute approximate surface area is 125 Å². The van der Waals surface area contributed by atoms with Gasteiger partial charge in [-0.15, -0.1) is 0 Å². The molecule has 0 amide bonds. The van der Waals surface area contributed by atoms with E-state index in [2.05, 4.69) is 9.97 Å². The summed E-state index contributed by atoms with van der Waals surface area (Å²) in [5, 5.41) is 0.444. The number of hydrogen-bond acceptors (Lipinski definition) is 4. The zero-order chi connectivity index (χ0) is 15.7. The van der Waals surface area contributed by atoms with Crippen molar-refractivity contribution in [2.45, 2.75) is 0 Å². The number of fused-ring (bicyclic) bond motifs is 1. The molecule has 1 N–H and O–H groups in total. The summed E-state index contributed by atoms with van der Waals surface area (Å²) in [6.45, 7) is 0. The zero-order valence-electron chi connectivity index (χ0n) is 12.0. The van der Waals surface area contributed by atoms with Crippen LogP contribution < -0.4 is 15.0 Å². The van der Waals surface area contributed by atoms with Crippen LogP contribution in [0, 0.1) is 5.82 Å².